The summed E-state index contributed by atoms with van der Waals surface area (Å²) in [5, 5.41) is 3.95. The van der Waals surface area contributed by atoms with Gasteiger partial charge in [-0.05, 0) is 5.56 Å². The molecule has 1 unspecified atom stereocenters. The summed E-state index contributed by atoms with van der Waals surface area (Å²) < 4.78 is 39.7. The molecule has 1 atom stereocenters. The van der Waals surface area contributed by atoms with Gasteiger partial charge in [-0.25, -0.2) is 0 Å². The maximum atomic E-state index is 12.7. The smallest absolute Gasteiger partial charge is 0.330 e. The number of nitrogens with zero attached hydrogens (tertiary/aromatic N) is 2. The zero-order chi connectivity index (χ0) is 13.9. The molecule has 0 spiro atoms. The Balaban J connectivity index is 2.15. The van der Waals surface area contributed by atoms with Crippen LogP contribution >= 0.6 is 0 Å². The highest BCUT2D eigenvalue weighted by atomic mass is 19.4. The van der Waals surface area contributed by atoms with Gasteiger partial charge in [-0.3, -0.25) is 4.68 Å². The number of halogens is 3. The lowest BCUT2D eigenvalue weighted by atomic mass is 10.0. The molecule has 3 nitrogen and oxygen atoms in total. The fraction of sp³-hybridized carbons (Fsp3) is 0.308. The van der Waals surface area contributed by atoms with Gasteiger partial charge >= 0.3 is 6.18 Å². The van der Waals surface area contributed by atoms with Crippen LogP contribution in [-0.4, -0.2) is 22.5 Å². The van der Waals surface area contributed by atoms with Gasteiger partial charge < -0.3 is 5.73 Å². The molecule has 2 rings (SSSR count). The van der Waals surface area contributed by atoms with E-state index in [0.29, 0.717) is 6.54 Å². The van der Waals surface area contributed by atoms with E-state index < -0.39 is 18.6 Å². The third kappa shape index (κ3) is 3.35. The van der Waals surface area contributed by atoms with Crippen LogP contribution in [0.2, 0.25) is 0 Å². The quantitative estimate of drug-likeness (QED) is 0.927. The lowest BCUT2D eigenvalue weighted by Crippen LogP contribution is -2.27. The van der Waals surface area contributed by atoms with E-state index in [1.54, 1.807) is 0 Å². The number of aromatic nitrogens is 2. The van der Waals surface area contributed by atoms with Gasteiger partial charge in [-0.15, -0.1) is 0 Å². The first kappa shape index (κ1) is 13.6. The zero-order valence-electron chi connectivity index (χ0n) is 10.1. The van der Waals surface area contributed by atoms with Gasteiger partial charge in [-0.2, -0.15) is 18.3 Å². The van der Waals surface area contributed by atoms with Crippen molar-refractivity contribution >= 4 is 0 Å². The predicted molar refractivity (Wildman–Crippen MR) is 65.6 cm³/mol. The second kappa shape index (κ2) is 5.44. The highest BCUT2D eigenvalue weighted by Crippen LogP contribution is 2.33. The lowest BCUT2D eigenvalue weighted by Gasteiger charge is -2.16. The molecule has 0 aliphatic rings. The third-order valence-electron chi connectivity index (χ3n) is 2.87. The molecule has 2 aromatic rings. The van der Waals surface area contributed by atoms with Crippen molar-refractivity contribution in [2.75, 3.05) is 6.54 Å². The summed E-state index contributed by atoms with van der Waals surface area (Å²) in [6.07, 6.45) is -1.71. The Morgan fingerprint density at radius 2 is 1.89 bits per heavy atom. The largest absolute Gasteiger partial charge is 0.397 e. The second-order valence-corrected chi connectivity index (χ2v) is 4.29. The van der Waals surface area contributed by atoms with Gasteiger partial charge in [0.2, 0.25) is 0 Å². The van der Waals surface area contributed by atoms with E-state index in [1.165, 1.54) is 17.1 Å². The molecule has 102 valence electrons. The highest BCUT2D eigenvalue weighted by Gasteiger charge is 2.40. The van der Waals surface area contributed by atoms with E-state index in [9.17, 15) is 13.2 Å². The minimum atomic E-state index is -4.34. The maximum absolute atomic E-state index is 12.7. The fourth-order valence-corrected chi connectivity index (χ4v) is 1.88. The predicted octanol–water partition coefficient (Wildman–Crippen LogP) is 2.54. The van der Waals surface area contributed by atoms with Crippen molar-refractivity contribution in [1.29, 1.82) is 0 Å². The van der Waals surface area contributed by atoms with Crippen molar-refractivity contribution in [2.45, 2.75) is 18.6 Å². The van der Waals surface area contributed by atoms with Crippen molar-refractivity contribution in [1.82, 2.24) is 9.78 Å². The Morgan fingerprint density at radius 3 is 2.47 bits per heavy atom. The van der Waals surface area contributed by atoms with Crippen LogP contribution in [0.4, 0.5) is 13.2 Å². The molecule has 0 radical (unpaired) electrons. The molecule has 0 bridgehead atoms. The van der Waals surface area contributed by atoms with Gasteiger partial charge in [-0.1, -0.05) is 30.3 Å². The molecule has 1 aromatic heterocycles. The molecule has 19 heavy (non-hydrogen) atoms. The summed E-state index contributed by atoms with van der Waals surface area (Å²) >= 11 is 0. The molecule has 2 N–H and O–H groups in total. The highest BCUT2D eigenvalue weighted by molar-refractivity contribution is 5.18. The minimum absolute atomic E-state index is 0.103. The molecule has 0 saturated heterocycles. The second-order valence-electron chi connectivity index (χ2n) is 4.29. The molecule has 0 fully saturated rings. The summed E-state index contributed by atoms with van der Waals surface area (Å²) in [5.74, 6) is -1.66. The third-order valence-corrected chi connectivity index (χ3v) is 2.87. The van der Waals surface area contributed by atoms with E-state index in [4.69, 9.17) is 5.73 Å². The van der Waals surface area contributed by atoms with Crippen molar-refractivity contribution in [3.8, 4) is 0 Å². The Bertz CT molecular complexity index is 519. The first-order chi connectivity index (χ1) is 9.00. The van der Waals surface area contributed by atoms with Crippen molar-refractivity contribution < 1.29 is 13.2 Å². The number of hydrogen-bond acceptors (Lipinski definition) is 2. The van der Waals surface area contributed by atoms with Crippen molar-refractivity contribution in [3.63, 3.8) is 0 Å². The van der Waals surface area contributed by atoms with Gasteiger partial charge in [0, 0.05) is 18.3 Å². The summed E-state index contributed by atoms with van der Waals surface area (Å²) in [5.41, 5.74) is 6.28. The Labute approximate surface area is 108 Å². The number of nitrogens with two attached hydrogens (primary N) is 1. The Hall–Kier alpha value is -1.82. The normalized spacial score (nSPS) is 13.5. The van der Waals surface area contributed by atoms with E-state index >= 15 is 0 Å². The number of benzene rings is 1. The number of hydrogen-bond donors (Lipinski definition) is 1. The summed E-state index contributed by atoms with van der Waals surface area (Å²) in [4.78, 5) is 0. The average molecular weight is 269 g/mol. The van der Waals surface area contributed by atoms with Crippen molar-refractivity contribution in [3.05, 3.63) is 53.9 Å². The van der Waals surface area contributed by atoms with Crippen LogP contribution in [0.1, 0.15) is 17.0 Å². The van der Waals surface area contributed by atoms with Crippen LogP contribution in [0.3, 0.4) is 0 Å². The van der Waals surface area contributed by atoms with Crippen LogP contribution in [0.5, 0.6) is 0 Å². The average Bonchev–Trinajstić information content (AvgIpc) is 2.77. The van der Waals surface area contributed by atoms with Crippen LogP contribution in [-0.2, 0) is 6.54 Å². The monoisotopic (exact) mass is 269 g/mol. The van der Waals surface area contributed by atoms with Crippen LogP contribution in [0.25, 0.3) is 0 Å². The molecule has 6 heteroatoms. The summed E-state index contributed by atoms with van der Waals surface area (Å²) in [7, 11) is 0. The SMILES string of the molecule is NCC(c1cnn(Cc2ccccc2)c1)C(F)(F)F. The lowest BCUT2D eigenvalue weighted by molar-refractivity contribution is -0.148. The fourth-order valence-electron chi connectivity index (χ4n) is 1.88. The Kier molecular flexibility index (Phi) is 3.90. The van der Waals surface area contributed by atoms with E-state index in [1.807, 2.05) is 30.3 Å². The first-order valence-corrected chi connectivity index (χ1v) is 5.84. The molecule has 0 saturated carbocycles. The van der Waals surface area contributed by atoms with Gasteiger partial charge in [0.25, 0.3) is 0 Å². The first-order valence-electron chi connectivity index (χ1n) is 5.84. The summed E-state index contributed by atoms with van der Waals surface area (Å²) in [6, 6.07) is 9.42. The number of alkyl halides is 3. The van der Waals surface area contributed by atoms with Crippen LogP contribution < -0.4 is 5.73 Å². The molecular weight excluding hydrogens is 255 g/mol. The van der Waals surface area contributed by atoms with Crippen molar-refractivity contribution in [2.24, 2.45) is 5.73 Å². The summed E-state index contributed by atoms with van der Waals surface area (Å²) in [6.45, 7) is -0.0312. The maximum Gasteiger partial charge on any atom is 0.397 e. The number of rotatable bonds is 4. The van der Waals surface area contributed by atoms with Crippen LogP contribution in [0, 0.1) is 0 Å². The molecule has 1 heterocycles. The zero-order valence-corrected chi connectivity index (χ0v) is 10.1. The minimum Gasteiger partial charge on any atom is -0.330 e. The molecule has 0 amide bonds. The van der Waals surface area contributed by atoms with Crippen LogP contribution in [0.15, 0.2) is 42.7 Å². The Morgan fingerprint density at radius 1 is 1.21 bits per heavy atom. The molecule has 1 aromatic carbocycles. The van der Waals surface area contributed by atoms with E-state index in [-0.39, 0.29) is 5.56 Å². The molecule has 0 aliphatic heterocycles. The standard InChI is InChI=1S/C13H14F3N3/c14-13(15,16)12(6-17)11-7-18-19(9-11)8-10-4-2-1-3-5-10/h1-5,7,9,12H,6,8,17H2. The van der Waals surface area contributed by atoms with E-state index in [0.717, 1.165) is 5.56 Å². The molecule has 0 aliphatic carbocycles. The van der Waals surface area contributed by atoms with Gasteiger partial charge in [0.15, 0.2) is 0 Å². The van der Waals surface area contributed by atoms with Gasteiger partial charge in [0.05, 0.1) is 18.7 Å². The van der Waals surface area contributed by atoms with E-state index in [2.05, 4.69) is 5.10 Å². The topological polar surface area (TPSA) is 43.8 Å². The molecular formula is C13H14F3N3. The van der Waals surface area contributed by atoms with Gasteiger partial charge in [0.1, 0.15) is 0 Å².